The lowest BCUT2D eigenvalue weighted by molar-refractivity contribution is 0.102. The van der Waals surface area contributed by atoms with Gasteiger partial charge in [0.2, 0.25) is 0 Å². The monoisotopic (exact) mass is 402 g/mol. The first-order chi connectivity index (χ1) is 8.99. The summed E-state index contributed by atoms with van der Waals surface area (Å²) in [5.41, 5.74) is 1.77. The molecule has 0 fully saturated rings. The topological polar surface area (TPSA) is 42.0 Å². The number of rotatable bonds is 2. The first kappa shape index (κ1) is 14.5. The first-order valence-electron chi connectivity index (χ1n) is 5.36. The second kappa shape index (κ2) is 6.03. The molecular formula is C13H9Br2ClN2O. The van der Waals surface area contributed by atoms with Crippen LogP contribution in [0.4, 0.5) is 5.69 Å². The van der Waals surface area contributed by atoms with E-state index in [0.717, 1.165) is 14.6 Å². The van der Waals surface area contributed by atoms with Gasteiger partial charge in [-0.3, -0.25) is 9.78 Å². The molecule has 0 radical (unpaired) electrons. The van der Waals surface area contributed by atoms with Crippen LogP contribution in [0.1, 0.15) is 16.1 Å². The molecule has 0 saturated carbocycles. The number of nitrogens with one attached hydrogen (secondary N) is 1. The number of carbonyl (C=O) groups is 1. The van der Waals surface area contributed by atoms with E-state index in [1.807, 2.05) is 25.1 Å². The fraction of sp³-hybridized carbons (Fsp3) is 0.0769. The van der Waals surface area contributed by atoms with Gasteiger partial charge in [-0.2, -0.15) is 0 Å². The molecule has 0 aliphatic rings. The number of anilines is 1. The number of hydrogen-bond acceptors (Lipinski definition) is 2. The standard InChI is InChI=1S/C13H9Br2ClN2O/c1-7-5-11(16)8(6-17-7)13(19)18-12-9(14)3-2-4-10(12)15/h2-6H,1H3,(H,18,19). The molecule has 2 aromatic rings. The highest BCUT2D eigenvalue weighted by Gasteiger charge is 2.14. The predicted molar refractivity (Wildman–Crippen MR) is 83.8 cm³/mol. The Labute approximate surface area is 132 Å². The van der Waals surface area contributed by atoms with Crippen LogP contribution < -0.4 is 5.32 Å². The number of nitrogens with zero attached hydrogens (tertiary/aromatic N) is 1. The molecule has 1 aromatic carbocycles. The average Bonchev–Trinajstić information content (AvgIpc) is 2.33. The molecule has 0 aliphatic heterocycles. The lowest BCUT2D eigenvalue weighted by atomic mass is 10.2. The van der Waals surface area contributed by atoms with Crippen LogP contribution in [-0.2, 0) is 0 Å². The van der Waals surface area contributed by atoms with E-state index in [0.29, 0.717) is 16.3 Å². The molecule has 2 rings (SSSR count). The highest BCUT2D eigenvalue weighted by molar-refractivity contribution is 9.11. The van der Waals surface area contributed by atoms with Crippen molar-refractivity contribution in [3.63, 3.8) is 0 Å². The van der Waals surface area contributed by atoms with E-state index in [-0.39, 0.29) is 5.91 Å². The second-order valence-electron chi connectivity index (χ2n) is 3.86. The van der Waals surface area contributed by atoms with E-state index in [1.165, 1.54) is 6.20 Å². The van der Waals surface area contributed by atoms with Crippen molar-refractivity contribution in [2.24, 2.45) is 0 Å². The van der Waals surface area contributed by atoms with Gasteiger partial charge in [-0.25, -0.2) is 0 Å². The van der Waals surface area contributed by atoms with Crippen LogP contribution in [0, 0.1) is 6.92 Å². The predicted octanol–water partition coefficient (Wildman–Crippen LogP) is 4.82. The van der Waals surface area contributed by atoms with Crippen molar-refractivity contribution in [1.82, 2.24) is 4.98 Å². The molecule has 0 bridgehead atoms. The fourth-order valence-corrected chi connectivity index (χ4v) is 2.98. The molecule has 1 heterocycles. The van der Waals surface area contributed by atoms with E-state index in [9.17, 15) is 4.79 Å². The third kappa shape index (κ3) is 3.35. The number of pyridine rings is 1. The van der Waals surface area contributed by atoms with Gasteiger partial charge in [0, 0.05) is 20.8 Å². The zero-order chi connectivity index (χ0) is 14.0. The van der Waals surface area contributed by atoms with E-state index < -0.39 is 0 Å². The summed E-state index contributed by atoms with van der Waals surface area (Å²) in [5.74, 6) is -0.301. The molecule has 1 amide bonds. The normalized spacial score (nSPS) is 10.3. The van der Waals surface area contributed by atoms with Crippen molar-refractivity contribution in [3.05, 3.63) is 55.7 Å². The van der Waals surface area contributed by atoms with Crippen LogP contribution in [0.5, 0.6) is 0 Å². The van der Waals surface area contributed by atoms with Gasteiger partial charge in [-0.1, -0.05) is 17.7 Å². The average molecular weight is 404 g/mol. The summed E-state index contributed by atoms with van der Waals surface area (Å²) in [4.78, 5) is 16.3. The van der Waals surface area contributed by atoms with Crippen LogP contribution in [0.2, 0.25) is 5.02 Å². The highest BCUT2D eigenvalue weighted by Crippen LogP contribution is 2.31. The quantitative estimate of drug-likeness (QED) is 0.780. The summed E-state index contributed by atoms with van der Waals surface area (Å²) >= 11 is 12.8. The summed E-state index contributed by atoms with van der Waals surface area (Å²) in [6.07, 6.45) is 1.47. The number of aryl methyl sites for hydroxylation is 1. The molecule has 1 aromatic heterocycles. The number of halogens is 3. The van der Waals surface area contributed by atoms with Gasteiger partial charge < -0.3 is 5.32 Å². The molecular weight excluding hydrogens is 395 g/mol. The molecule has 3 nitrogen and oxygen atoms in total. The number of amides is 1. The van der Waals surface area contributed by atoms with Gasteiger partial charge in [-0.15, -0.1) is 0 Å². The molecule has 0 unspecified atom stereocenters. The van der Waals surface area contributed by atoms with Gasteiger partial charge >= 0.3 is 0 Å². The summed E-state index contributed by atoms with van der Waals surface area (Å²) < 4.78 is 1.57. The van der Waals surface area contributed by atoms with Crippen LogP contribution in [0.3, 0.4) is 0 Å². The van der Waals surface area contributed by atoms with Crippen molar-refractivity contribution in [3.8, 4) is 0 Å². The zero-order valence-corrected chi connectivity index (χ0v) is 13.8. The summed E-state index contributed by atoms with van der Waals surface area (Å²) in [6.45, 7) is 1.82. The minimum absolute atomic E-state index is 0.301. The Morgan fingerprint density at radius 2 is 1.95 bits per heavy atom. The maximum atomic E-state index is 12.2. The van der Waals surface area contributed by atoms with Crippen LogP contribution >= 0.6 is 43.5 Å². The van der Waals surface area contributed by atoms with Crippen LogP contribution in [0.25, 0.3) is 0 Å². The van der Waals surface area contributed by atoms with Gasteiger partial charge in [-0.05, 0) is 57.0 Å². The minimum atomic E-state index is -0.301. The van der Waals surface area contributed by atoms with Crippen LogP contribution in [0.15, 0.2) is 39.4 Å². The Bertz CT molecular complexity index is 626. The van der Waals surface area contributed by atoms with Crippen LogP contribution in [-0.4, -0.2) is 10.9 Å². The van der Waals surface area contributed by atoms with E-state index in [2.05, 4.69) is 42.2 Å². The first-order valence-corrected chi connectivity index (χ1v) is 7.33. The summed E-state index contributed by atoms with van der Waals surface area (Å²) in [6, 6.07) is 7.21. The highest BCUT2D eigenvalue weighted by atomic mass is 79.9. The van der Waals surface area contributed by atoms with Gasteiger partial charge in [0.1, 0.15) is 0 Å². The van der Waals surface area contributed by atoms with Crippen molar-refractivity contribution in [1.29, 1.82) is 0 Å². The Hall–Kier alpha value is -0.910. The van der Waals surface area contributed by atoms with Gasteiger partial charge in [0.25, 0.3) is 5.91 Å². The number of carbonyl (C=O) groups excluding carboxylic acids is 1. The Morgan fingerprint density at radius 1 is 1.32 bits per heavy atom. The summed E-state index contributed by atoms with van der Waals surface area (Å²) in [5, 5.41) is 3.18. The minimum Gasteiger partial charge on any atom is -0.320 e. The fourth-order valence-electron chi connectivity index (χ4n) is 1.49. The molecule has 0 saturated heterocycles. The molecule has 19 heavy (non-hydrogen) atoms. The smallest absolute Gasteiger partial charge is 0.258 e. The number of aromatic nitrogens is 1. The second-order valence-corrected chi connectivity index (χ2v) is 5.97. The maximum absolute atomic E-state index is 12.2. The Balaban J connectivity index is 2.31. The largest absolute Gasteiger partial charge is 0.320 e. The lowest BCUT2D eigenvalue weighted by Crippen LogP contribution is -2.13. The van der Waals surface area contributed by atoms with E-state index in [1.54, 1.807) is 6.07 Å². The maximum Gasteiger partial charge on any atom is 0.258 e. The number of benzene rings is 1. The molecule has 0 spiro atoms. The molecule has 98 valence electrons. The van der Waals surface area contributed by atoms with Crippen molar-refractivity contribution >= 4 is 55.1 Å². The molecule has 6 heteroatoms. The Kier molecular flexibility index (Phi) is 4.60. The SMILES string of the molecule is Cc1cc(Cl)c(C(=O)Nc2c(Br)cccc2Br)cn1. The van der Waals surface area contributed by atoms with Gasteiger partial charge in [0.05, 0.1) is 16.3 Å². The number of para-hydroxylation sites is 1. The number of hydrogen-bond donors (Lipinski definition) is 1. The Morgan fingerprint density at radius 3 is 2.53 bits per heavy atom. The third-order valence-corrected chi connectivity index (χ3v) is 4.07. The zero-order valence-electron chi connectivity index (χ0n) is 9.88. The van der Waals surface area contributed by atoms with E-state index >= 15 is 0 Å². The lowest BCUT2D eigenvalue weighted by Gasteiger charge is -2.10. The third-order valence-electron chi connectivity index (χ3n) is 2.44. The molecule has 0 aliphatic carbocycles. The summed E-state index contributed by atoms with van der Waals surface area (Å²) in [7, 11) is 0. The van der Waals surface area contributed by atoms with Crippen molar-refractivity contribution in [2.75, 3.05) is 5.32 Å². The van der Waals surface area contributed by atoms with Crippen molar-refractivity contribution < 1.29 is 4.79 Å². The van der Waals surface area contributed by atoms with Gasteiger partial charge in [0.15, 0.2) is 0 Å². The molecule has 1 N–H and O–H groups in total. The van der Waals surface area contributed by atoms with Crippen molar-refractivity contribution in [2.45, 2.75) is 6.92 Å². The molecule has 0 atom stereocenters. The van der Waals surface area contributed by atoms with E-state index in [4.69, 9.17) is 11.6 Å².